The summed E-state index contributed by atoms with van der Waals surface area (Å²) in [6, 6.07) is 5.29. The lowest BCUT2D eigenvalue weighted by Gasteiger charge is -2.23. The van der Waals surface area contributed by atoms with Gasteiger partial charge in [-0.3, -0.25) is 9.59 Å². The Morgan fingerprint density at radius 1 is 1.31 bits per heavy atom. The molecule has 2 rings (SSSR count). The van der Waals surface area contributed by atoms with Gasteiger partial charge in [0.05, 0.1) is 17.8 Å². The van der Waals surface area contributed by atoms with Crippen LogP contribution in [0.1, 0.15) is 24.2 Å². The highest BCUT2D eigenvalue weighted by Gasteiger charge is 2.36. The molecular formula is C19H25ClN2O4. The summed E-state index contributed by atoms with van der Waals surface area (Å²) in [5, 5.41) is 1.12. The highest BCUT2D eigenvalue weighted by Crippen LogP contribution is 2.31. The van der Waals surface area contributed by atoms with Crippen LogP contribution in [0.5, 0.6) is 0 Å². The molecule has 6 nitrogen and oxygen atoms in total. The van der Waals surface area contributed by atoms with Gasteiger partial charge in [0, 0.05) is 17.5 Å². The van der Waals surface area contributed by atoms with E-state index in [1.54, 1.807) is 31.3 Å². The highest BCUT2D eigenvalue weighted by molar-refractivity contribution is 6.35. The molecule has 0 aliphatic heterocycles. The zero-order chi connectivity index (χ0) is 19.4. The van der Waals surface area contributed by atoms with Crippen LogP contribution < -0.4 is 4.84 Å². The average Bonchev–Trinajstić information content (AvgIpc) is 2.94. The third-order valence-electron chi connectivity index (χ3n) is 4.25. The van der Waals surface area contributed by atoms with Gasteiger partial charge in [-0.05, 0) is 33.0 Å². The standard InChI is InChI=1S/C19H25ClN2O4/c1-6-26-19(24)16(12(2)10-21(3)4)18(23)14-11-22(25-5)17-13(14)8-7-9-15(17)20/h7-9,11-12,16H,6,10H2,1-5H3. The van der Waals surface area contributed by atoms with Crippen LogP contribution in [0.25, 0.3) is 10.9 Å². The number of hydrogen-bond donors (Lipinski definition) is 0. The van der Waals surface area contributed by atoms with E-state index < -0.39 is 11.9 Å². The third kappa shape index (κ3) is 4.02. The lowest BCUT2D eigenvalue weighted by atomic mass is 9.86. The molecule has 2 atom stereocenters. The monoisotopic (exact) mass is 380 g/mol. The number of para-hydroxylation sites is 1. The van der Waals surface area contributed by atoms with Crippen LogP contribution >= 0.6 is 11.6 Å². The summed E-state index contributed by atoms with van der Waals surface area (Å²) in [6.45, 7) is 4.41. The molecule has 0 saturated heterocycles. The van der Waals surface area contributed by atoms with Gasteiger partial charge in [0.1, 0.15) is 18.5 Å². The number of hydrogen-bond acceptors (Lipinski definition) is 5. The predicted octanol–water partition coefficient (Wildman–Crippen LogP) is 2.91. The first-order valence-electron chi connectivity index (χ1n) is 8.51. The number of fused-ring (bicyclic) bond motifs is 1. The summed E-state index contributed by atoms with van der Waals surface area (Å²) >= 11 is 6.27. The molecule has 0 N–H and O–H groups in total. The van der Waals surface area contributed by atoms with Crippen LogP contribution in [-0.2, 0) is 9.53 Å². The number of rotatable bonds is 8. The van der Waals surface area contributed by atoms with E-state index in [-0.39, 0.29) is 18.3 Å². The van der Waals surface area contributed by atoms with Crippen molar-refractivity contribution in [2.45, 2.75) is 13.8 Å². The van der Waals surface area contributed by atoms with E-state index >= 15 is 0 Å². The minimum absolute atomic E-state index is 0.211. The average molecular weight is 381 g/mol. The van der Waals surface area contributed by atoms with Crippen LogP contribution in [0.2, 0.25) is 5.02 Å². The van der Waals surface area contributed by atoms with Gasteiger partial charge in [-0.2, -0.15) is 4.73 Å². The second kappa shape index (κ2) is 8.56. The topological polar surface area (TPSA) is 60.8 Å². The number of carbonyl (C=O) groups excluding carboxylic acids is 2. The fourth-order valence-corrected chi connectivity index (χ4v) is 3.48. The van der Waals surface area contributed by atoms with Gasteiger partial charge >= 0.3 is 5.97 Å². The summed E-state index contributed by atoms with van der Waals surface area (Å²) in [5.74, 6) is -1.91. The second-order valence-electron chi connectivity index (χ2n) is 6.52. The van der Waals surface area contributed by atoms with Crippen LogP contribution in [0.4, 0.5) is 0 Å². The number of nitrogens with zero attached hydrogens (tertiary/aromatic N) is 2. The van der Waals surface area contributed by atoms with Gasteiger partial charge in [-0.15, -0.1) is 0 Å². The molecule has 2 unspecified atom stereocenters. The molecule has 0 fully saturated rings. The number of Topliss-reactive ketones (excluding diaryl/α,β-unsaturated/α-hetero) is 1. The van der Waals surface area contributed by atoms with Crippen molar-refractivity contribution >= 4 is 34.3 Å². The van der Waals surface area contributed by atoms with E-state index in [0.717, 1.165) is 0 Å². The van der Waals surface area contributed by atoms with E-state index in [4.69, 9.17) is 21.2 Å². The Balaban J connectivity index is 2.53. The molecule has 0 saturated carbocycles. The minimum atomic E-state index is -0.896. The van der Waals surface area contributed by atoms with E-state index in [1.807, 2.05) is 25.9 Å². The predicted molar refractivity (Wildman–Crippen MR) is 102 cm³/mol. The van der Waals surface area contributed by atoms with Crippen molar-refractivity contribution in [3.8, 4) is 0 Å². The number of aromatic nitrogens is 1. The molecule has 0 radical (unpaired) electrons. The fraction of sp³-hybridized carbons (Fsp3) is 0.474. The molecular weight excluding hydrogens is 356 g/mol. The van der Waals surface area contributed by atoms with Crippen molar-refractivity contribution in [1.29, 1.82) is 0 Å². The molecule has 0 amide bonds. The molecule has 1 aromatic heterocycles. The number of ketones is 1. The Kier molecular flexibility index (Phi) is 6.67. The van der Waals surface area contributed by atoms with Gasteiger partial charge in [0.15, 0.2) is 5.78 Å². The number of halogens is 1. The first-order valence-corrected chi connectivity index (χ1v) is 8.89. The maximum Gasteiger partial charge on any atom is 0.317 e. The molecule has 26 heavy (non-hydrogen) atoms. The van der Waals surface area contributed by atoms with Gasteiger partial charge in [-0.1, -0.05) is 30.7 Å². The third-order valence-corrected chi connectivity index (χ3v) is 4.56. The smallest absolute Gasteiger partial charge is 0.317 e. The van der Waals surface area contributed by atoms with E-state index in [1.165, 1.54) is 11.8 Å². The van der Waals surface area contributed by atoms with Crippen LogP contribution in [0.3, 0.4) is 0 Å². The van der Waals surface area contributed by atoms with Crippen molar-refractivity contribution in [3.63, 3.8) is 0 Å². The Bertz CT molecular complexity index is 800. The number of ether oxygens (including phenoxy) is 1. The van der Waals surface area contributed by atoms with E-state index in [9.17, 15) is 9.59 Å². The lowest BCUT2D eigenvalue weighted by Crippen LogP contribution is -2.36. The van der Waals surface area contributed by atoms with Gasteiger partial charge < -0.3 is 14.5 Å². The minimum Gasteiger partial charge on any atom is -0.465 e. The van der Waals surface area contributed by atoms with Crippen LogP contribution in [0, 0.1) is 11.8 Å². The molecule has 0 aliphatic rings. The Morgan fingerprint density at radius 2 is 2.00 bits per heavy atom. The second-order valence-corrected chi connectivity index (χ2v) is 6.93. The Morgan fingerprint density at radius 3 is 2.58 bits per heavy atom. The van der Waals surface area contributed by atoms with Crippen molar-refractivity contribution in [1.82, 2.24) is 9.63 Å². The highest BCUT2D eigenvalue weighted by atomic mass is 35.5. The zero-order valence-electron chi connectivity index (χ0n) is 15.8. The molecule has 2 aromatic rings. The van der Waals surface area contributed by atoms with Crippen molar-refractivity contribution in [3.05, 3.63) is 35.0 Å². The molecule has 0 aliphatic carbocycles. The first-order chi connectivity index (χ1) is 12.3. The first kappa shape index (κ1) is 20.3. The van der Waals surface area contributed by atoms with Crippen molar-refractivity contribution < 1.29 is 19.2 Å². The van der Waals surface area contributed by atoms with Gasteiger partial charge in [-0.25, -0.2) is 0 Å². The van der Waals surface area contributed by atoms with E-state index in [2.05, 4.69) is 0 Å². The summed E-state index contributed by atoms with van der Waals surface area (Å²) in [7, 11) is 5.30. The molecule has 7 heteroatoms. The molecule has 0 bridgehead atoms. The van der Waals surface area contributed by atoms with Crippen LogP contribution in [-0.4, -0.2) is 55.7 Å². The van der Waals surface area contributed by atoms with Crippen molar-refractivity contribution in [2.24, 2.45) is 11.8 Å². The van der Waals surface area contributed by atoms with Crippen LogP contribution in [0.15, 0.2) is 24.4 Å². The summed E-state index contributed by atoms with van der Waals surface area (Å²) in [4.78, 5) is 33.1. The summed E-state index contributed by atoms with van der Waals surface area (Å²) < 4.78 is 6.62. The SMILES string of the molecule is CCOC(=O)C(C(=O)c1cn(OC)c2c(Cl)cccc12)C(C)CN(C)C. The molecule has 0 spiro atoms. The van der Waals surface area contributed by atoms with E-state index in [0.29, 0.717) is 28.0 Å². The quantitative estimate of drug-likeness (QED) is 0.400. The lowest BCUT2D eigenvalue weighted by molar-refractivity contribution is -0.147. The molecule has 1 heterocycles. The number of benzene rings is 1. The zero-order valence-corrected chi connectivity index (χ0v) is 16.5. The Labute approximate surface area is 158 Å². The largest absolute Gasteiger partial charge is 0.465 e. The summed E-state index contributed by atoms with van der Waals surface area (Å²) in [6.07, 6.45) is 1.58. The molecule has 142 valence electrons. The normalized spacial score (nSPS) is 13.7. The maximum absolute atomic E-state index is 13.3. The Hall–Kier alpha value is -2.05. The number of carbonyl (C=O) groups is 2. The fourth-order valence-electron chi connectivity index (χ4n) is 3.23. The maximum atomic E-state index is 13.3. The van der Waals surface area contributed by atoms with Gasteiger partial charge in [0.2, 0.25) is 0 Å². The number of esters is 1. The van der Waals surface area contributed by atoms with Crippen molar-refractivity contribution in [2.75, 3.05) is 34.4 Å². The van der Waals surface area contributed by atoms with Gasteiger partial charge in [0.25, 0.3) is 0 Å². The summed E-state index contributed by atoms with van der Waals surface area (Å²) in [5.41, 5.74) is 0.996. The molecule has 1 aromatic carbocycles.